The van der Waals surface area contributed by atoms with Crippen LogP contribution in [-0.2, 0) is 4.79 Å². The van der Waals surface area contributed by atoms with E-state index in [0.29, 0.717) is 31.6 Å². The molecule has 4 heterocycles. The second-order valence-electron chi connectivity index (χ2n) is 8.62. The highest BCUT2D eigenvalue weighted by molar-refractivity contribution is 7.07. The van der Waals surface area contributed by atoms with Gasteiger partial charge in [-0.1, -0.05) is 53.3 Å². The minimum Gasteiger partial charge on any atom is -0.465 e. The molecule has 3 atom stereocenters. The van der Waals surface area contributed by atoms with Crippen molar-refractivity contribution >= 4 is 34.8 Å². The molecule has 0 amide bonds. The molecular weight excluding hydrogens is 472 g/mol. The van der Waals surface area contributed by atoms with Crippen molar-refractivity contribution in [1.29, 1.82) is 0 Å². The number of carbonyl (C=O) groups excluding carboxylic acids is 1. The lowest BCUT2D eigenvalue weighted by atomic mass is 9.79. The van der Waals surface area contributed by atoms with Crippen LogP contribution in [0.1, 0.15) is 31.2 Å². The molecule has 34 heavy (non-hydrogen) atoms. The van der Waals surface area contributed by atoms with Gasteiger partial charge in [-0.25, -0.2) is 4.99 Å². The van der Waals surface area contributed by atoms with Gasteiger partial charge in [0.25, 0.3) is 5.56 Å². The van der Waals surface area contributed by atoms with Crippen LogP contribution < -0.4 is 19.6 Å². The fourth-order valence-corrected chi connectivity index (χ4v) is 6.18. The Morgan fingerprint density at radius 2 is 2.00 bits per heavy atom. The van der Waals surface area contributed by atoms with E-state index in [9.17, 15) is 9.59 Å². The lowest BCUT2D eigenvalue weighted by Gasteiger charge is -2.45. The van der Waals surface area contributed by atoms with Crippen molar-refractivity contribution in [3.8, 4) is 17.1 Å². The summed E-state index contributed by atoms with van der Waals surface area (Å²) in [5.41, 5.74) is 0.372. The van der Waals surface area contributed by atoms with Crippen molar-refractivity contribution in [2.24, 2.45) is 10.9 Å². The van der Waals surface area contributed by atoms with Crippen LogP contribution in [0.2, 0.25) is 5.02 Å². The van der Waals surface area contributed by atoms with Gasteiger partial charge in [-0.15, -0.1) is 0 Å². The minimum absolute atomic E-state index is 0.0720. The topological polar surface area (TPSA) is 73.8 Å². The molecule has 2 aromatic carbocycles. The summed E-state index contributed by atoms with van der Waals surface area (Å²) in [7, 11) is 0. The summed E-state index contributed by atoms with van der Waals surface area (Å²) in [5.74, 6) is 1.16. The number of nitrogens with zero attached hydrogens (tertiary/aromatic N) is 2. The molecule has 2 aliphatic heterocycles. The van der Waals surface area contributed by atoms with Gasteiger partial charge >= 0.3 is 0 Å². The van der Waals surface area contributed by atoms with Gasteiger partial charge < -0.3 is 9.15 Å². The van der Waals surface area contributed by atoms with Gasteiger partial charge in [-0.05, 0) is 44.2 Å². The third-order valence-electron chi connectivity index (χ3n) is 6.33. The Hall–Kier alpha value is -3.42. The molecule has 2 aromatic heterocycles. The summed E-state index contributed by atoms with van der Waals surface area (Å²) >= 11 is 7.36. The molecule has 0 saturated heterocycles. The first-order valence-corrected chi connectivity index (χ1v) is 12.0. The number of fused-ring (bicyclic) bond motifs is 6. The Morgan fingerprint density at radius 3 is 2.79 bits per heavy atom. The molecule has 170 valence electrons. The van der Waals surface area contributed by atoms with Crippen molar-refractivity contribution < 1.29 is 13.9 Å². The molecule has 6 rings (SSSR count). The lowest BCUT2D eigenvalue weighted by Crippen LogP contribution is -2.58. The van der Waals surface area contributed by atoms with Crippen LogP contribution in [0.3, 0.4) is 0 Å². The van der Waals surface area contributed by atoms with E-state index in [1.807, 2.05) is 61.5 Å². The molecule has 0 N–H and O–H groups in total. The quantitative estimate of drug-likeness (QED) is 0.431. The van der Waals surface area contributed by atoms with E-state index < -0.39 is 17.7 Å². The molecule has 0 radical (unpaired) electrons. The first-order chi connectivity index (χ1) is 16.3. The van der Waals surface area contributed by atoms with Crippen molar-refractivity contribution in [1.82, 2.24) is 4.57 Å². The number of ketones is 1. The van der Waals surface area contributed by atoms with Crippen LogP contribution in [0.5, 0.6) is 5.75 Å². The second kappa shape index (κ2) is 7.55. The Morgan fingerprint density at radius 1 is 1.18 bits per heavy atom. The average molecular weight is 491 g/mol. The molecule has 0 saturated carbocycles. The van der Waals surface area contributed by atoms with Gasteiger partial charge in [-0.2, -0.15) is 0 Å². The van der Waals surface area contributed by atoms with Gasteiger partial charge in [0.15, 0.2) is 4.80 Å². The molecular formula is C26H19ClN2O4S. The second-order valence-corrected chi connectivity index (χ2v) is 10.1. The summed E-state index contributed by atoms with van der Waals surface area (Å²) < 4.78 is 14.3. The van der Waals surface area contributed by atoms with Crippen LogP contribution in [0.25, 0.3) is 17.4 Å². The summed E-state index contributed by atoms with van der Waals surface area (Å²) in [6.07, 6.45) is 1.71. The van der Waals surface area contributed by atoms with Crippen LogP contribution >= 0.6 is 22.9 Å². The normalized spacial score (nSPS) is 23.0. The standard InChI is InChI=1S/C26H19ClN2O4S/c1-14(30)22-23-18-8-3-4-9-20(18)33-26(22,2)28-25-29(23)24(31)21(34-25)13-17-10-11-19(32-17)15-6-5-7-16(27)12-15/h3-13,22-23H,1-2H3/b21-13+. The first-order valence-electron chi connectivity index (χ1n) is 10.8. The number of hydrogen-bond donors (Lipinski definition) is 0. The van der Waals surface area contributed by atoms with Gasteiger partial charge in [0.05, 0.1) is 10.6 Å². The van der Waals surface area contributed by atoms with Crippen LogP contribution in [-0.4, -0.2) is 16.1 Å². The Bertz CT molecular complexity index is 1650. The number of thiazole rings is 1. The number of rotatable bonds is 3. The van der Waals surface area contributed by atoms with Crippen LogP contribution in [0, 0.1) is 5.92 Å². The zero-order valence-corrected chi connectivity index (χ0v) is 19.9. The maximum atomic E-state index is 13.6. The highest BCUT2D eigenvalue weighted by atomic mass is 35.5. The van der Waals surface area contributed by atoms with E-state index in [-0.39, 0.29) is 11.3 Å². The van der Waals surface area contributed by atoms with Crippen molar-refractivity contribution in [2.75, 3.05) is 0 Å². The number of furan rings is 1. The van der Waals surface area contributed by atoms with E-state index in [4.69, 9.17) is 25.7 Å². The Balaban J connectivity index is 1.52. The highest BCUT2D eigenvalue weighted by Crippen LogP contribution is 2.47. The summed E-state index contributed by atoms with van der Waals surface area (Å²) in [6.45, 7) is 3.33. The maximum Gasteiger partial charge on any atom is 0.271 e. The number of carbonyl (C=O) groups is 1. The van der Waals surface area contributed by atoms with E-state index in [1.54, 1.807) is 16.7 Å². The molecule has 0 fully saturated rings. The average Bonchev–Trinajstić information content (AvgIpc) is 3.37. The third kappa shape index (κ3) is 3.19. The van der Waals surface area contributed by atoms with Crippen LogP contribution in [0.15, 0.2) is 74.9 Å². The number of halogens is 1. The smallest absolute Gasteiger partial charge is 0.271 e. The Kier molecular flexibility index (Phi) is 4.69. The van der Waals surface area contributed by atoms with E-state index >= 15 is 0 Å². The first kappa shape index (κ1) is 21.1. The van der Waals surface area contributed by atoms with E-state index in [0.717, 1.165) is 11.1 Å². The highest BCUT2D eigenvalue weighted by Gasteiger charge is 2.53. The molecule has 0 spiro atoms. The Labute approximate surface area is 203 Å². The predicted octanol–water partition coefficient (Wildman–Crippen LogP) is 4.19. The summed E-state index contributed by atoms with van der Waals surface area (Å²) in [4.78, 5) is 31.6. The number of ether oxygens (including phenoxy) is 1. The fraction of sp³-hybridized carbons (Fsp3) is 0.192. The fourth-order valence-electron chi connectivity index (χ4n) is 4.91. The predicted molar refractivity (Wildman–Crippen MR) is 130 cm³/mol. The summed E-state index contributed by atoms with van der Waals surface area (Å²) in [6, 6.07) is 18.1. The maximum absolute atomic E-state index is 13.6. The van der Waals surface area contributed by atoms with Gasteiger partial charge in [0.1, 0.15) is 29.0 Å². The van der Waals surface area contributed by atoms with Crippen molar-refractivity contribution in [3.63, 3.8) is 0 Å². The van der Waals surface area contributed by atoms with Gasteiger partial charge in [0, 0.05) is 22.2 Å². The number of benzene rings is 2. The molecule has 2 aliphatic rings. The molecule has 2 bridgehead atoms. The molecule has 8 heteroatoms. The summed E-state index contributed by atoms with van der Waals surface area (Å²) in [5, 5.41) is 0.618. The van der Waals surface area contributed by atoms with Gasteiger partial charge in [-0.3, -0.25) is 14.2 Å². The monoisotopic (exact) mass is 490 g/mol. The SMILES string of the molecule is CC(=O)C1C2c3ccccc3OC1(C)N=c1s/c(=C/c3ccc(-c4cccc(Cl)c4)o3)c(=O)n12. The lowest BCUT2D eigenvalue weighted by molar-refractivity contribution is -0.132. The van der Waals surface area contributed by atoms with Crippen molar-refractivity contribution in [2.45, 2.75) is 25.6 Å². The number of Topliss-reactive ketones (excluding diaryl/α,β-unsaturated/α-hetero) is 1. The third-order valence-corrected chi connectivity index (χ3v) is 7.55. The van der Waals surface area contributed by atoms with E-state index in [1.165, 1.54) is 18.3 Å². The minimum atomic E-state index is -1.08. The number of aromatic nitrogens is 1. The molecule has 6 nitrogen and oxygen atoms in total. The van der Waals surface area contributed by atoms with Crippen molar-refractivity contribution in [3.05, 3.63) is 96.7 Å². The van der Waals surface area contributed by atoms with Crippen LogP contribution in [0.4, 0.5) is 0 Å². The molecule has 0 aliphatic carbocycles. The van der Waals surface area contributed by atoms with Gasteiger partial charge in [0.2, 0.25) is 5.72 Å². The van der Waals surface area contributed by atoms with E-state index in [2.05, 4.69) is 0 Å². The largest absolute Gasteiger partial charge is 0.465 e. The number of para-hydroxylation sites is 1. The molecule has 3 unspecified atom stereocenters. The zero-order chi connectivity index (χ0) is 23.6. The number of hydrogen-bond acceptors (Lipinski definition) is 6. The zero-order valence-electron chi connectivity index (χ0n) is 18.3. The molecule has 4 aromatic rings.